The fraction of sp³-hybridized carbons (Fsp3) is 0.400. The van der Waals surface area contributed by atoms with Crippen molar-refractivity contribution < 1.29 is 13.9 Å². The first kappa shape index (κ1) is 11.6. The molecule has 4 heteroatoms. The van der Waals surface area contributed by atoms with Crippen LogP contribution in [0.1, 0.15) is 18.9 Å². The number of benzene rings is 1. The highest BCUT2D eigenvalue weighted by molar-refractivity contribution is 9.10. The third kappa shape index (κ3) is 1.96. The minimum absolute atomic E-state index is 0.0603. The summed E-state index contributed by atoms with van der Waals surface area (Å²) in [4.78, 5) is -3.32. The number of halogens is 3. The molecule has 78 valence electrons. The van der Waals surface area contributed by atoms with E-state index in [0.29, 0.717) is 0 Å². The lowest BCUT2D eigenvalue weighted by Gasteiger charge is -2.31. The van der Waals surface area contributed by atoms with Gasteiger partial charge < -0.3 is 5.11 Å². The SMILES string of the molecule is CCC(O)(c1ccccc1)C(F)(F)Br. The lowest BCUT2D eigenvalue weighted by Crippen LogP contribution is -2.40. The quantitative estimate of drug-likeness (QED) is 0.831. The van der Waals surface area contributed by atoms with E-state index in [9.17, 15) is 13.9 Å². The highest BCUT2D eigenvalue weighted by Crippen LogP contribution is 2.44. The van der Waals surface area contributed by atoms with Crippen molar-refractivity contribution in [1.29, 1.82) is 0 Å². The first-order valence-corrected chi connectivity index (χ1v) is 5.05. The van der Waals surface area contributed by atoms with Gasteiger partial charge in [0.1, 0.15) is 0 Å². The van der Waals surface area contributed by atoms with Gasteiger partial charge in [-0.2, -0.15) is 8.78 Å². The molecule has 0 aliphatic heterocycles. The molecule has 0 aromatic heterocycles. The number of aliphatic hydroxyl groups is 1. The highest BCUT2D eigenvalue weighted by atomic mass is 79.9. The summed E-state index contributed by atoms with van der Waals surface area (Å²) >= 11 is 2.21. The summed E-state index contributed by atoms with van der Waals surface area (Å²) in [6.07, 6.45) is -0.0603. The molecule has 0 saturated heterocycles. The predicted octanol–water partition coefficient (Wildman–Crippen LogP) is 3.27. The van der Waals surface area contributed by atoms with Gasteiger partial charge in [0.25, 0.3) is 0 Å². The maximum atomic E-state index is 13.1. The van der Waals surface area contributed by atoms with Crippen molar-refractivity contribution in [2.24, 2.45) is 0 Å². The zero-order valence-corrected chi connectivity index (χ0v) is 9.26. The molecule has 1 N–H and O–H groups in total. The Morgan fingerprint density at radius 1 is 1.29 bits per heavy atom. The van der Waals surface area contributed by atoms with Crippen LogP contribution in [0.2, 0.25) is 0 Å². The minimum Gasteiger partial charge on any atom is -0.378 e. The van der Waals surface area contributed by atoms with Crippen LogP contribution in [0.4, 0.5) is 8.78 Å². The molecule has 0 bridgehead atoms. The van der Waals surface area contributed by atoms with Crippen LogP contribution in [-0.2, 0) is 5.60 Å². The van der Waals surface area contributed by atoms with Crippen molar-refractivity contribution in [2.75, 3.05) is 0 Å². The first-order chi connectivity index (χ1) is 6.42. The summed E-state index contributed by atoms with van der Waals surface area (Å²) in [5.41, 5.74) is -1.93. The van der Waals surface area contributed by atoms with E-state index < -0.39 is 10.4 Å². The Morgan fingerprint density at radius 3 is 2.14 bits per heavy atom. The van der Waals surface area contributed by atoms with Crippen molar-refractivity contribution in [3.63, 3.8) is 0 Å². The van der Waals surface area contributed by atoms with Gasteiger partial charge in [-0.25, -0.2) is 0 Å². The second-order valence-corrected chi connectivity index (χ2v) is 4.07. The smallest absolute Gasteiger partial charge is 0.333 e. The van der Waals surface area contributed by atoms with Gasteiger partial charge in [0.05, 0.1) is 0 Å². The molecular formula is C10H11BrF2O. The average molecular weight is 265 g/mol. The van der Waals surface area contributed by atoms with Gasteiger partial charge in [-0.3, -0.25) is 0 Å². The summed E-state index contributed by atoms with van der Waals surface area (Å²) in [6.45, 7) is 1.52. The third-order valence-corrected chi connectivity index (χ3v) is 2.89. The standard InChI is InChI=1S/C10H11BrF2O/c1-2-9(14,10(11,12)13)8-6-4-3-5-7-8/h3-7,14H,2H2,1H3. The third-order valence-electron chi connectivity index (χ3n) is 2.23. The van der Waals surface area contributed by atoms with Crippen molar-refractivity contribution in [2.45, 2.75) is 23.8 Å². The molecule has 0 radical (unpaired) electrons. The molecular weight excluding hydrogens is 254 g/mol. The molecule has 0 spiro atoms. The average Bonchev–Trinajstić information content (AvgIpc) is 2.16. The Bertz CT molecular complexity index is 297. The molecule has 1 nitrogen and oxygen atoms in total. The zero-order valence-electron chi connectivity index (χ0n) is 7.67. The molecule has 14 heavy (non-hydrogen) atoms. The van der Waals surface area contributed by atoms with Crippen molar-refractivity contribution in [1.82, 2.24) is 0 Å². The highest BCUT2D eigenvalue weighted by Gasteiger charge is 2.50. The van der Waals surface area contributed by atoms with E-state index in [4.69, 9.17) is 0 Å². The molecule has 1 aromatic carbocycles. The van der Waals surface area contributed by atoms with Gasteiger partial charge in [0, 0.05) is 0 Å². The van der Waals surface area contributed by atoms with Gasteiger partial charge in [0.2, 0.25) is 0 Å². The Morgan fingerprint density at radius 2 is 1.79 bits per heavy atom. The van der Waals surface area contributed by atoms with E-state index in [1.165, 1.54) is 19.1 Å². The second-order valence-electron chi connectivity index (χ2n) is 3.08. The lowest BCUT2D eigenvalue weighted by molar-refractivity contribution is -0.124. The van der Waals surface area contributed by atoms with Gasteiger partial charge in [-0.1, -0.05) is 37.3 Å². The normalized spacial score (nSPS) is 16.4. The van der Waals surface area contributed by atoms with Gasteiger partial charge in [-0.15, -0.1) is 0 Å². The summed E-state index contributed by atoms with van der Waals surface area (Å²) in [5.74, 6) is 0. The van der Waals surface area contributed by atoms with Crippen LogP contribution in [0.15, 0.2) is 30.3 Å². The molecule has 0 fully saturated rings. The number of rotatable bonds is 3. The van der Waals surface area contributed by atoms with E-state index in [0.717, 1.165) is 0 Å². The van der Waals surface area contributed by atoms with Crippen molar-refractivity contribution in [3.8, 4) is 0 Å². The number of hydrogen-bond acceptors (Lipinski definition) is 1. The molecule has 1 rings (SSSR count). The summed E-state index contributed by atoms with van der Waals surface area (Å²) in [7, 11) is 0. The molecule has 0 aliphatic rings. The Balaban J connectivity index is 3.15. The molecule has 1 aromatic rings. The number of alkyl halides is 3. The van der Waals surface area contributed by atoms with Crippen molar-refractivity contribution >= 4 is 15.9 Å². The molecule has 0 saturated carbocycles. The van der Waals surface area contributed by atoms with Crippen LogP contribution >= 0.6 is 15.9 Å². The summed E-state index contributed by atoms with van der Waals surface area (Å²) in [5, 5.41) is 9.83. The van der Waals surface area contributed by atoms with E-state index in [-0.39, 0.29) is 12.0 Å². The van der Waals surface area contributed by atoms with Crippen molar-refractivity contribution in [3.05, 3.63) is 35.9 Å². The molecule has 0 heterocycles. The van der Waals surface area contributed by atoms with Crippen LogP contribution < -0.4 is 0 Å². The van der Waals surface area contributed by atoms with E-state index in [2.05, 4.69) is 15.9 Å². The first-order valence-electron chi connectivity index (χ1n) is 4.26. The van der Waals surface area contributed by atoms with Gasteiger partial charge in [-0.05, 0) is 27.9 Å². The van der Waals surface area contributed by atoms with Gasteiger partial charge >= 0.3 is 4.83 Å². The minimum atomic E-state index is -3.32. The van der Waals surface area contributed by atoms with Crippen LogP contribution in [0.5, 0.6) is 0 Å². The zero-order chi connectivity index (χ0) is 10.8. The predicted molar refractivity (Wildman–Crippen MR) is 54.5 cm³/mol. The lowest BCUT2D eigenvalue weighted by atomic mass is 9.92. The molecule has 1 unspecified atom stereocenters. The Hall–Kier alpha value is -0.480. The Labute approximate surface area is 89.9 Å². The fourth-order valence-corrected chi connectivity index (χ4v) is 1.79. The fourth-order valence-electron chi connectivity index (χ4n) is 1.28. The van der Waals surface area contributed by atoms with Crippen LogP contribution in [0.3, 0.4) is 0 Å². The molecule has 0 amide bonds. The van der Waals surface area contributed by atoms with E-state index in [1.807, 2.05) is 0 Å². The van der Waals surface area contributed by atoms with E-state index in [1.54, 1.807) is 18.2 Å². The number of hydrogen-bond donors (Lipinski definition) is 1. The van der Waals surface area contributed by atoms with Crippen LogP contribution in [0, 0.1) is 0 Å². The summed E-state index contributed by atoms with van der Waals surface area (Å²) in [6, 6.07) is 7.92. The monoisotopic (exact) mass is 264 g/mol. The molecule has 1 atom stereocenters. The Kier molecular flexibility index (Phi) is 3.27. The maximum Gasteiger partial charge on any atom is 0.333 e. The second kappa shape index (κ2) is 3.95. The van der Waals surface area contributed by atoms with Crippen LogP contribution in [0.25, 0.3) is 0 Å². The largest absolute Gasteiger partial charge is 0.378 e. The maximum absolute atomic E-state index is 13.1. The summed E-state index contributed by atoms with van der Waals surface area (Å²) < 4.78 is 26.2. The van der Waals surface area contributed by atoms with Gasteiger partial charge in [0.15, 0.2) is 5.60 Å². The van der Waals surface area contributed by atoms with E-state index >= 15 is 0 Å². The topological polar surface area (TPSA) is 20.2 Å². The molecule has 0 aliphatic carbocycles. The van der Waals surface area contributed by atoms with Crippen LogP contribution in [-0.4, -0.2) is 9.94 Å².